The van der Waals surface area contributed by atoms with Crippen molar-refractivity contribution < 1.29 is 14.6 Å². The number of aromatic hydroxyl groups is 1. The first-order valence-corrected chi connectivity index (χ1v) is 4.12. The van der Waals surface area contributed by atoms with Crippen LogP contribution in [0, 0.1) is 6.92 Å². The second-order valence-electron chi connectivity index (χ2n) is 3.15. The van der Waals surface area contributed by atoms with Crippen LogP contribution in [0.2, 0.25) is 0 Å². The molecule has 0 saturated carbocycles. The maximum atomic E-state index is 10.6. The van der Waals surface area contributed by atoms with Gasteiger partial charge in [-0.3, -0.25) is 0 Å². The Labute approximate surface area is 76.0 Å². The van der Waals surface area contributed by atoms with E-state index in [0.717, 1.165) is 23.0 Å². The van der Waals surface area contributed by atoms with Crippen molar-refractivity contribution in [1.82, 2.24) is 0 Å². The van der Waals surface area contributed by atoms with Crippen molar-refractivity contribution in [2.24, 2.45) is 0 Å². The lowest BCUT2D eigenvalue weighted by Crippen LogP contribution is -1.96. The van der Waals surface area contributed by atoms with Crippen molar-refractivity contribution in [3.05, 3.63) is 28.8 Å². The number of aldehydes is 1. The van der Waals surface area contributed by atoms with Crippen LogP contribution in [-0.2, 0) is 16.1 Å². The largest absolute Gasteiger partial charge is 0.508 e. The van der Waals surface area contributed by atoms with Crippen LogP contribution in [0.5, 0.6) is 5.75 Å². The molecular weight excluding hydrogens is 168 g/mol. The van der Waals surface area contributed by atoms with Crippen LogP contribution < -0.4 is 0 Å². The third-order valence-electron chi connectivity index (χ3n) is 2.44. The zero-order valence-electron chi connectivity index (χ0n) is 7.28. The van der Waals surface area contributed by atoms with E-state index in [2.05, 4.69) is 0 Å². The molecule has 0 saturated heterocycles. The average Bonchev–Trinajstić information content (AvgIpc) is 2.55. The highest BCUT2D eigenvalue weighted by Crippen LogP contribution is 2.34. The molecule has 68 valence electrons. The maximum Gasteiger partial charge on any atom is 0.153 e. The van der Waals surface area contributed by atoms with E-state index in [9.17, 15) is 9.90 Å². The Morgan fingerprint density at radius 2 is 2.38 bits per heavy atom. The Kier molecular flexibility index (Phi) is 1.81. The van der Waals surface area contributed by atoms with Gasteiger partial charge < -0.3 is 14.6 Å². The van der Waals surface area contributed by atoms with E-state index >= 15 is 0 Å². The molecule has 0 aliphatic carbocycles. The number of benzene rings is 1. The molecule has 0 aromatic heterocycles. The van der Waals surface area contributed by atoms with Crippen LogP contribution in [0.15, 0.2) is 12.1 Å². The van der Waals surface area contributed by atoms with Crippen molar-refractivity contribution >= 4 is 6.29 Å². The Hall–Kier alpha value is -1.35. The van der Waals surface area contributed by atoms with Gasteiger partial charge in [-0.15, -0.1) is 0 Å². The molecule has 0 radical (unpaired) electrons. The summed E-state index contributed by atoms with van der Waals surface area (Å²) in [5.74, 6) is 0.258. The molecular formula is C10H10O3. The average molecular weight is 178 g/mol. The third kappa shape index (κ3) is 1.12. The van der Waals surface area contributed by atoms with E-state index in [1.54, 1.807) is 12.1 Å². The number of ether oxygens (including phenoxy) is 1. The fourth-order valence-electron chi connectivity index (χ4n) is 1.60. The van der Waals surface area contributed by atoms with Crippen molar-refractivity contribution in [3.8, 4) is 5.75 Å². The van der Waals surface area contributed by atoms with Crippen LogP contribution >= 0.6 is 0 Å². The molecule has 0 spiro atoms. The molecule has 1 aromatic carbocycles. The van der Waals surface area contributed by atoms with Crippen LogP contribution in [-0.4, -0.2) is 11.4 Å². The van der Waals surface area contributed by atoms with Crippen molar-refractivity contribution in [2.45, 2.75) is 19.6 Å². The van der Waals surface area contributed by atoms with Crippen LogP contribution in [0.3, 0.4) is 0 Å². The molecule has 1 aliphatic heterocycles. The molecule has 1 N–H and O–H groups in total. The molecule has 1 aliphatic rings. The smallest absolute Gasteiger partial charge is 0.153 e. The van der Waals surface area contributed by atoms with Crippen LogP contribution in [0.25, 0.3) is 0 Å². The molecule has 3 nitrogen and oxygen atoms in total. The van der Waals surface area contributed by atoms with Gasteiger partial charge in [-0.05, 0) is 29.7 Å². The Balaban J connectivity index is 2.56. The summed E-state index contributed by atoms with van der Waals surface area (Å²) < 4.78 is 5.23. The monoisotopic (exact) mass is 178 g/mol. The summed E-state index contributed by atoms with van der Waals surface area (Å²) in [6.07, 6.45) is 0.330. The standard InChI is InChI=1S/C10H10O3/c1-6-8-5-13-10(4-11)7(8)2-3-9(6)12/h2-4,10,12H,5H2,1H3. The lowest BCUT2D eigenvalue weighted by molar-refractivity contribution is -0.117. The van der Waals surface area contributed by atoms with E-state index < -0.39 is 6.10 Å². The summed E-state index contributed by atoms with van der Waals surface area (Å²) in [7, 11) is 0. The molecule has 1 atom stereocenters. The molecule has 13 heavy (non-hydrogen) atoms. The first-order valence-electron chi connectivity index (χ1n) is 4.12. The number of rotatable bonds is 1. The molecule has 0 bridgehead atoms. The topological polar surface area (TPSA) is 46.5 Å². The number of carbonyl (C=O) groups excluding carboxylic acids is 1. The highest BCUT2D eigenvalue weighted by Gasteiger charge is 2.24. The van der Waals surface area contributed by atoms with Gasteiger partial charge in [0.1, 0.15) is 11.9 Å². The zero-order valence-corrected chi connectivity index (χ0v) is 7.28. The lowest BCUT2D eigenvalue weighted by atomic mass is 10.0. The van der Waals surface area contributed by atoms with Gasteiger partial charge in [-0.25, -0.2) is 0 Å². The van der Waals surface area contributed by atoms with E-state index in [-0.39, 0.29) is 5.75 Å². The Morgan fingerprint density at radius 3 is 3.08 bits per heavy atom. The number of carbonyl (C=O) groups is 1. The van der Waals surface area contributed by atoms with E-state index in [4.69, 9.17) is 4.74 Å². The first kappa shape index (κ1) is 8.26. The zero-order chi connectivity index (χ0) is 9.42. The van der Waals surface area contributed by atoms with Crippen molar-refractivity contribution in [2.75, 3.05) is 0 Å². The number of hydrogen-bond acceptors (Lipinski definition) is 3. The summed E-state index contributed by atoms with van der Waals surface area (Å²) in [5, 5.41) is 9.40. The van der Waals surface area contributed by atoms with Gasteiger partial charge in [0, 0.05) is 0 Å². The van der Waals surface area contributed by atoms with Crippen molar-refractivity contribution in [3.63, 3.8) is 0 Å². The molecule has 0 fully saturated rings. The number of phenolic OH excluding ortho intramolecular Hbond substituents is 1. The van der Waals surface area contributed by atoms with Crippen molar-refractivity contribution in [1.29, 1.82) is 0 Å². The second-order valence-corrected chi connectivity index (χ2v) is 3.15. The molecule has 3 heteroatoms. The third-order valence-corrected chi connectivity index (χ3v) is 2.44. The maximum absolute atomic E-state index is 10.6. The number of hydrogen-bond donors (Lipinski definition) is 1. The predicted molar refractivity (Wildman–Crippen MR) is 46.4 cm³/mol. The minimum absolute atomic E-state index is 0.258. The van der Waals surface area contributed by atoms with E-state index in [0.29, 0.717) is 6.61 Å². The highest BCUT2D eigenvalue weighted by atomic mass is 16.5. The highest BCUT2D eigenvalue weighted by molar-refractivity contribution is 5.64. The van der Waals surface area contributed by atoms with Crippen LogP contribution in [0.1, 0.15) is 22.8 Å². The fourth-order valence-corrected chi connectivity index (χ4v) is 1.60. The van der Waals surface area contributed by atoms with Gasteiger partial charge in [-0.1, -0.05) is 6.07 Å². The second kappa shape index (κ2) is 2.85. The number of phenols is 1. The molecule has 2 rings (SSSR count). The summed E-state index contributed by atoms with van der Waals surface area (Å²) in [5.41, 5.74) is 2.63. The summed E-state index contributed by atoms with van der Waals surface area (Å²) in [6, 6.07) is 3.34. The fraction of sp³-hybridized carbons (Fsp3) is 0.300. The number of fused-ring (bicyclic) bond motifs is 1. The molecule has 1 heterocycles. The molecule has 0 amide bonds. The molecule has 1 aromatic rings. The minimum Gasteiger partial charge on any atom is -0.508 e. The van der Waals surface area contributed by atoms with E-state index in [1.807, 2.05) is 6.92 Å². The molecule has 1 unspecified atom stereocenters. The Morgan fingerprint density at radius 1 is 1.62 bits per heavy atom. The van der Waals surface area contributed by atoms with Gasteiger partial charge in [0.25, 0.3) is 0 Å². The summed E-state index contributed by atoms with van der Waals surface area (Å²) in [4.78, 5) is 10.6. The summed E-state index contributed by atoms with van der Waals surface area (Å²) in [6.45, 7) is 2.24. The SMILES string of the molecule is Cc1c(O)ccc2c1COC2C=O. The summed E-state index contributed by atoms with van der Waals surface area (Å²) >= 11 is 0. The van der Waals surface area contributed by atoms with Gasteiger partial charge >= 0.3 is 0 Å². The minimum atomic E-state index is -0.450. The Bertz CT molecular complexity index is 357. The lowest BCUT2D eigenvalue weighted by Gasteiger charge is -2.05. The van der Waals surface area contributed by atoms with E-state index in [1.165, 1.54) is 0 Å². The van der Waals surface area contributed by atoms with Gasteiger partial charge in [0.2, 0.25) is 0 Å². The predicted octanol–water partition coefficient (Wildman–Crippen LogP) is 1.47. The van der Waals surface area contributed by atoms with Gasteiger partial charge in [0.15, 0.2) is 6.29 Å². The van der Waals surface area contributed by atoms with Gasteiger partial charge in [0.05, 0.1) is 6.61 Å². The van der Waals surface area contributed by atoms with Crippen LogP contribution in [0.4, 0.5) is 0 Å². The first-order chi connectivity index (χ1) is 6.24. The normalized spacial score (nSPS) is 19.9. The van der Waals surface area contributed by atoms with Gasteiger partial charge in [-0.2, -0.15) is 0 Å². The quantitative estimate of drug-likeness (QED) is 0.662.